The van der Waals surface area contributed by atoms with Crippen LogP contribution in [0.5, 0.6) is 5.75 Å². The van der Waals surface area contributed by atoms with Gasteiger partial charge in [-0.1, -0.05) is 48.0 Å². The van der Waals surface area contributed by atoms with Gasteiger partial charge in [-0.3, -0.25) is 10.1 Å². The summed E-state index contributed by atoms with van der Waals surface area (Å²) < 4.78 is 0. The molecule has 1 atom stereocenters. The van der Waals surface area contributed by atoms with Crippen LogP contribution in [-0.2, 0) is 0 Å². The molecule has 5 heteroatoms. The largest absolute Gasteiger partial charge is 0.508 e. The van der Waals surface area contributed by atoms with E-state index in [1.807, 2.05) is 49.5 Å². The molecule has 0 aliphatic carbocycles. The molecule has 3 aromatic carbocycles. The first-order chi connectivity index (χ1) is 13.0. The van der Waals surface area contributed by atoms with Crippen molar-refractivity contribution in [3.63, 3.8) is 0 Å². The molecule has 0 amide bonds. The minimum Gasteiger partial charge on any atom is -0.508 e. The number of nitrogens with one attached hydrogen (secondary N) is 1. The van der Waals surface area contributed by atoms with Crippen molar-refractivity contribution in [1.29, 1.82) is 0 Å². The predicted molar refractivity (Wildman–Crippen MR) is 105 cm³/mol. The highest BCUT2D eigenvalue weighted by Crippen LogP contribution is 2.40. The number of nitro groups is 1. The van der Waals surface area contributed by atoms with Gasteiger partial charge in [0.05, 0.1) is 4.92 Å². The van der Waals surface area contributed by atoms with Crippen molar-refractivity contribution in [3.05, 3.63) is 105 Å². The maximum atomic E-state index is 11.0. The number of aromatic amines is 1. The summed E-state index contributed by atoms with van der Waals surface area (Å²) in [5.74, 6) is -0.0453. The lowest BCUT2D eigenvalue weighted by Gasteiger charge is -2.20. The number of aromatic hydroxyl groups is 1. The maximum absolute atomic E-state index is 11.0. The van der Waals surface area contributed by atoms with E-state index in [-0.39, 0.29) is 17.4 Å². The van der Waals surface area contributed by atoms with Gasteiger partial charge in [0.2, 0.25) is 0 Å². The first-order valence-corrected chi connectivity index (χ1v) is 8.64. The predicted octanol–water partition coefficient (Wildman–Crippen LogP) is 5.27. The topological polar surface area (TPSA) is 79.2 Å². The van der Waals surface area contributed by atoms with Crippen LogP contribution >= 0.6 is 0 Å². The molecule has 0 saturated carbocycles. The van der Waals surface area contributed by atoms with Gasteiger partial charge in [0, 0.05) is 40.7 Å². The Bertz CT molecular complexity index is 1130. The Balaban J connectivity index is 1.95. The third-order valence-electron chi connectivity index (χ3n) is 4.86. The summed E-state index contributed by atoms with van der Waals surface area (Å²) in [6.45, 7) is 1.98. The van der Waals surface area contributed by atoms with E-state index in [0.29, 0.717) is 0 Å². The van der Waals surface area contributed by atoms with E-state index in [1.54, 1.807) is 18.2 Å². The first kappa shape index (κ1) is 16.8. The lowest BCUT2D eigenvalue weighted by molar-refractivity contribution is -0.384. The van der Waals surface area contributed by atoms with Gasteiger partial charge >= 0.3 is 0 Å². The number of hydrogen-bond donors (Lipinski definition) is 2. The van der Waals surface area contributed by atoms with Gasteiger partial charge in [-0.25, -0.2) is 0 Å². The van der Waals surface area contributed by atoms with Crippen LogP contribution in [0.1, 0.15) is 28.2 Å². The van der Waals surface area contributed by atoms with Gasteiger partial charge in [0.25, 0.3) is 5.69 Å². The average molecular weight is 358 g/mol. The molecule has 27 heavy (non-hydrogen) atoms. The number of nitro benzene ring substituents is 1. The monoisotopic (exact) mass is 358 g/mol. The number of H-pyrrole nitrogens is 1. The molecule has 0 aliphatic heterocycles. The standard InChI is InChI=1S/C22H18N2O3/c1-14-6-11-21(25)18(12-14)22(15-7-9-16(10-8-15)24(26)27)19-13-23-20-5-3-2-4-17(19)20/h2-13,22-23,25H,1H3. The molecule has 0 radical (unpaired) electrons. The summed E-state index contributed by atoms with van der Waals surface area (Å²) in [7, 11) is 0. The van der Waals surface area contributed by atoms with E-state index in [4.69, 9.17) is 0 Å². The van der Waals surface area contributed by atoms with Gasteiger partial charge in [0.1, 0.15) is 5.75 Å². The van der Waals surface area contributed by atoms with Crippen LogP contribution in [-0.4, -0.2) is 15.0 Å². The van der Waals surface area contributed by atoms with Gasteiger partial charge in [-0.05, 0) is 30.2 Å². The smallest absolute Gasteiger partial charge is 0.269 e. The van der Waals surface area contributed by atoms with Crippen LogP contribution < -0.4 is 0 Å². The molecule has 4 aromatic rings. The van der Waals surface area contributed by atoms with Crippen molar-refractivity contribution in [2.24, 2.45) is 0 Å². The highest BCUT2D eigenvalue weighted by molar-refractivity contribution is 5.85. The molecule has 2 N–H and O–H groups in total. The lowest BCUT2D eigenvalue weighted by Crippen LogP contribution is -2.04. The number of phenols is 1. The molecule has 4 rings (SSSR count). The van der Waals surface area contributed by atoms with Crippen molar-refractivity contribution < 1.29 is 10.0 Å². The quantitative estimate of drug-likeness (QED) is 0.385. The summed E-state index contributed by atoms with van der Waals surface area (Å²) in [6.07, 6.45) is 1.94. The normalized spacial score (nSPS) is 12.2. The summed E-state index contributed by atoms with van der Waals surface area (Å²) in [5.41, 5.74) is 4.76. The molecular formula is C22H18N2O3. The number of hydrogen-bond acceptors (Lipinski definition) is 3. The minimum atomic E-state index is -0.408. The fourth-order valence-corrected chi connectivity index (χ4v) is 3.55. The Labute approximate surface area is 156 Å². The third kappa shape index (κ3) is 3.04. The van der Waals surface area contributed by atoms with Crippen molar-refractivity contribution in [1.82, 2.24) is 4.98 Å². The molecule has 1 unspecified atom stereocenters. The molecule has 0 bridgehead atoms. The van der Waals surface area contributed by atoms with E-state index >= 15 is 0 Å². The van der Waals surface area contributed by atoms with Crippen LogP contribution in [0.15, 0.2) is 72.9 Å². The number of non-ortho nitro benzene ring substituents is 1. The third-order valence-corrected chi connectivity index (χ3v) is 4.86. The van der Waals surface area contributed by atoms with Crippen LogP contribution in [0.25, 0.3) is 10.9 Å². The van der Waals surface area contributed by atoms with Crippen molar-refractivity contribution in [2.45, 2.75) is 12.8 Å². The van der Waals surface area contributed by atoms with Crippen molar-refractivity contribution in [2.75, 3.05) is 0 Å². The second-order valence-electron chi connectivity index (χ2n) is 6.63. The summed E-state index contributed by atoms with van der Waals surface area (Å²) >= 11 is 0. The number of phenolic OH excluding ortho intramolecular Hbond substituents is 1. The zero-order chi connectivity index (χ0) is 19.0. The molecule has 1 aromatic heterocycles. The van der Waals surface area contributed by atoms with Crippen LogP contribution in [0.3, 0.4) is 0 Å². The van der Waals surface area contributed by atoms with Crippen molar-refractivity contribution in [3.8, 4) is 5.75 Å². The number of para-hydroxylation sites is 1. The average Bonchev–Trinajstić information content (AvgIpc) is 3.09. The number of nitrogens with zero attached hydrogens (tertiary/aromatic N) is 1. The Morgan fingerprint density at radius 3 is 2.48 bits per heavy atom. The molecular weight excluding hydrogens is 340 g/mol. The zero-order valence-electron chi connectivity index (χ0n) is 14.7. The second kappa shape index (κ2) is 6.61. The Morgan fingerprint density at radius 2 is 1.74 bits per heavy atom. The lowest BCUT2D eigenvalue weighted by atomic mass is 9.84. The van der Waals surface area contributed by atoms with Gasteiger partial charge in [0.15, 0.2) is 0 Å². The SMILES string of the molecule is Cc1ccc(O)c(C(c2ccc([N+](=O)[O-])cc2)c2c[nH]c3ccccc23)c1. The van der Waals surface area contributed by atoms with E-state index in [2.05, 4.69) is 4.98 Å². The molecule has 1 heterocycles. The van der Waals surface area contributed by atoms with Gasteiger partial charge in [-0.15, -0.1) is 0 Å². The first-order valence-electron chi connectivity index (χ1n) is 8.64. The van der Waals surface area contributed by atoms with Crippen LogP contribution in [0.2, 0.25) is 0 Å². The Kier molecular flexibility index (Phi) is 4.12. The fraction of sp³-hybridized carbons (Fsp3) is 0.0909. The molecule has 0 saturated heterocycles. The molecule has 5 nitrogen and oxygen atoms in total. The molecule has 0 fully saturated rings. The van der Waals surface area contributed by atoms with Crippen LogP contribution in [0, 0.1) is 17.0 Å². The number of aryl methyl sites for hydroxylation is 1. The van der Waals surface area contributed by atoms with Crippen LogP contribution in [0.4, 0.5) is 5.69 Å². The zero-order valence-corrected chi connectivity index (χ0v) is 14.7. The number of rotatable bonds is 4. The fourth-order valence-electron chi connectivity index (χ4n) is 3.55. The highest BCUT2D eigenvalue weighted by atomic mass is 16.6. The summed E-state index contributed by atoms with van der Waals surface area (Å²) in [6, 6.07) is 20.0. The van der Waals surface area contributed by atoms with Gasteiger partial charge < -0.3 is 10.1 Å². The van der Waals surface area contributed by atoms with Crippen molar-refractivity contribution >= 4 is 16.6 Å². The van der Waals surface area contributed by atoms with E-state index < -0.39 is 4.92 Å². The number of fused-ring (bicyclic) bond motifs is 1. The maximum Gasteiger partial charge on any atom is 0.269 e. The van der Waals surface area contributed by atoms with E-state index in [0.717, 1.165) is 33.2 Å². The second-order valence-corrected chi connectivity index (χ2v) is 6.63. The Morgan fingerprint density at radius 1 is 1.00 bits per heavy atom. The number of benzene rings is 3. The summed E-state index contributed by atoms with van der Waals surface area (Å²) in [4.78, 5) is 13.9. The molecule has 0 aliphatic rings. The molecule has 134 valence electrons. The highest BCUT2D eigenvalue weighted by Gasteiger charge is 2.23. The number of aromatic nitrogens is 1. The van der Waals surface area contributed by atoms with E-state index in [1.165, 1.54) is 12.1 Å². The molecule has 0 spiro atoms. The summed E-state index contributed by atoms with van der Waals surface area (Å²) in [5, 5.41) is 22.6. The Hall–Kier alpha value is -3.60. The van der Waals surface area contributed by atoms with Gasteiger partial charge in [-0.2, -0.15) is 0 Å². The van der Waals surface area contributed by atoms with E-state index in [9.17, 15) is 15.2 Å². The minimum absolute atomic E-state index is 0.0462.